The van der Waals surface area contributed by atoms with Crippen LogP contribution < -0.4 is 5.73 Å². The van der Waals surface area contributed by atoms with Crippen LogP contribution in [0.3, 0.4) is 0 Å². The Balaban J connectivity index is 3.93. The molecule has 0 rings (SSSR count). The van der Waals surface area contributed by atoms with Crippen molar-refractivity contribution in [3.8, 4) is 0 Å². The monoisotopic (exact) mass is 539 g/mol. The zero-order chi connectivity index (χ0) is 28.3. The van der Waals surface area contributed by atoms with Gasteiger partial charge in [0.05, 0.1) is 0 Å². The van der Waals surface area contributed by atoms with E-state index in [4.69, 9.17) is 5.73 Å². The fraction of sp³-hybridized carbons (Fsp3) is 0.939. The maximum atomic E-state index is 12.8. The second-order valence-corrected chi connectivity index (χ2v) is 11.8. The molecule has 0 aromatic carbocycles. The minimum absolute atomic E-state index is 0.0163. The first-order valence-corrected chi connectivity index (χ1v) is 16.7. The number of hydrogen-bond acceptors (Lipinski definition) is 3. The third kappa shape index (κ3) is 22.8. The normalized spacial score (nSPS) is 12.9. The van der Waals surface area contributed by atoms with E-state index >= 15 is 0 Å². The Morgan fingerprint density at radius 2 is 0.974 bits per heavy atom. The van der Waals surface area contributed by atoms with Crippen LogP contribution in [-0.2, 0) is 9.59 Å². The molecule has 0 saturated heterocycles. The topological polar surface area (TPSA) is 83.6 Å². The van der Waals surface area contributed by atoms with Crippen LogP contribution in [0.4, 0.5) is 0 Å². The Bertz CT molecular complexity index is 540. The lowest BCUT2D eigenvalue weighted by molar-refractivity contribution is -0.149. The first-order valence-electron chi connectivity index (χ1n) is 16.7. The summed E-state index contributed by atoms with van der Waals surface area (Å²) in [7, 11) is 0. The second kappa shape index (κ2) is 27.5. The highest BCUT2D eigenvalue weighted by Gasteiger charge is 2.24. The van der Waals surface area contributed by atoms with Crippen molar-refractivity contribution in [3.05, 3.63) is 0 Å². The van der Waals surface area contributed by atoms with E-state index in [0.29, 0.717) is 13.0 Å². The number of nitrogens with zero attached hydrogens (tertiary/aromatic N) is 1. The van der Waals surface area contributed by atoms with Gasteiger partial charge in [0, 0.05) is 19.0 Å². The summed E-state index contributed by atoms with van der Waals surface area (Å²) in [6.07, 6.45) is 30.1. The number of amides is 1. The zero-order valence-electron chi connectivity index (χ0n) is 25.8. The minimum atomic E-state index is -0.925. The lowest BCUT2D eigenvalue weighted by atomic mass is 10.0. The summed E-state index contributed by atoms with van der Waals surface area (Å²) in [6, 6.07) is -0.624. The summed E-state index contributed by atoms with van der Waals surface area (Å²) in [6.45, 7) is 6.63. The van der Waals surface area contributed by atoms with E-state index in [1.165, 1.54) is 122 Å². The van der Waals surface area contributed by atoms with Crippen molar-refractivity contribution in [2.45, 2.75) is 193 Å². The number of hydrogen-bond donors (Lipinski definition) is 2. The van der Waals surface area contributed by atoms with Crippen LogP contribution in [0, 0.1) is 0 Å². The number of aliphatic carboxylic acids is 1. The van der Waals surface area contributed by atoms with Crippen LogP contribution in [0.5, 0.6) is 0 Å². The highest BCUT2D eigenvalue weighted by atomic mass is 16.4. The Labute approximate surface area is 237 Å². The van der Waals surface area contributed by atoms with Gasteiger partial charge in [0.25, 0.3) is 0 Å². The number of carboxylic acids is 1. The number of carboxylic acid groups (broad SMARTS) is 1. The molecule has 3 N–H and O–H groups in total. The van der Waals surface area contributed by atoms with Gasteiger partial charge in [0.15, 0.2) is 0 Å². The predicted molar refractivity (Wildman–Crippen MR) is 164 cm³/mol. The van der Waals surface area contributed by atoms with Gasteiger partial charge in [-0.1, -0.05) is 142 Å². The maximum Gasteiger partial charge on any atom is 0.326 e. The van der Waals surface area contributed by atoms with Crippen molar-refractivity contribution < 1.29 is 14.7 Å². The number of rotatable bonds is 29. The molecule has 226 valence electrons. The molecule has 0 bridgehead atoms. The average Bonchev–Trinajstić information content (AvgIpc) is 2.90. The standard InChI is InChI=1S/C33H66N2O3/c1-4-6-8-10-12-14-15-16-18-19-21-23-26-31(34)27-25-29-35(30(3)33(37)38)32(36)28-24-22-20-17-13-11-9-7-5-2/h30-31H,4-29,34H2,1-3H3,(H,37,38)/t30-,31?/m0/s1. The van der Waals surface area contributed by atoms with E-state index < -0.39 is 12.0 Å². The largest absolute Gasteiger partial charge is 0.480 e. The molecule has 38 heavy (non-hydrogen) atoms. The van der Waals surface area contributed by atoms with Gasteiger partial charge in [-0.05, 0) is 32.6 Å². The first kappa shape index (κ1) is 36.9. The van der Waals surface area contributed by atoms with Crippen molar-refractivity contribution in [1.82, 2.24) is 4.90 Å². The van der Waals surface area contributed by atoms with Gasteiger partial charge >= 0.3 is 5.97 Å². The van der Waals surface area contributed by atoms with Gasteiger partial charge in [-0.2, -0.15) is 0 Å². The Hall–Kier alpha value is -1.10. The summed E-state index contributed by atoms with van der Waals surface area (Å²) < 4.78 is 0. The summed E-state index contributed by atoms with van der Waals surface area (Å²) in [5.74, 6) is -0.941. The van der Waals surface area contributed by atoms with Crippen LogP contribution in [0.15, 0.2) is 0 Å². The molecule has 0 aliphatic heterocycles. The van der Waals surface area contributed by atoms with Crippen molar-refractivity contribution >= 4 is 11.9 Å². The number of carbonyl (C=O) groups excluding carboxylic acids is 1. The highest BCUT2D eigenvalue weighted by Crippen LogP contribution is 2.15. The molecule has 2 atom stereocenters. The predicted octanol–water partition coefficient (Wildman–Crippen LogP) is 9.41. The van der Waals surface area contributed by atoms with Gasteiger partial charge in [0.2, 0.25) is 5.91 Å². The average molecular weight is 539 g/mol. The van der Waals surface area contributed by atoms with Gasteiger partial charge < -0.3 is 15.7 Å². The van der Waals surface area contributed by atoms with E-state index in [1.54, 1.807) is 11.8 Å². The van der Waals surface area contributed by atoms with Crippen LogP contribution in [0.25, 0.3) is 0 Å². The van der Waals surface area contributed by atoms with Gasteiger partial charge in [-0.3, -0.25) is 4.79 Å². The third-order valence-corrected chi connectivity index (χ3v) is 8.04. The highest BCUT2D eigenvalue weighted by molar-refractivity contribution is 5.83. The molecule has 0 aliphatic rings. The molecular formula is C33H66N2O3. The second-order valence-electron chi connectivity index (χ2n) is 11.8. The lowest BCUT2D eigenvalue weighted by Gasteiger charge is -2.27. The smallest absolute Gasteiger partial charge is 0.326 e. The van der Waals surface area contributed by atoms with Crippen LogP contribution in [0.2, 0.25) is 0 Å². The molecule has 1 unspecified atom stereocenters. The van der Waals surface area contributed by atoms with E-state index in [2.05, 4.69) is 13.8 Å². The lowest BCUT2D eigenvalue weighted by Crippen LogP contribution is -2.44. The Morgan fingerprint density at radius 1 is 0.605 bits per heavy atom. The molecule has 0 aromatic heterocycles. The molecule has 0 aliphatic carbocycles. The zero-order valence-corrected chi connectivity index (χ0v) is 25.8. The van der Waals surface area contributed by atoms with Crippen LogP contribution in [-0.4, -0.2) is 40.5 Å². The van der Waals surface area contributed by atoms with E-state index in [9.17, 15) is 14.7 Å². The van der Waals surface area contributed by atoms with E-state index in [-0.39, 0.29) is 11.9 Å². The Kier molecular flexibility index (Phi) is 26.7. The van der Waals surface area contributed by atoms with Crippen molar-refractivity contribution in [2.24, 2.45) is 5.73 Å². The first-order chi connectivity index (χ1) is 18.4. The van der Waals surface area contributed by atoms with Gasteiger partial charge in [-0.15, -0.1) is 0 Å². The van der Waals surface area contributed by atoms with Gasteiger partial charge in [-0.25, -0.2) is 4.79 Å². The van der Waals surface area contributed by atoms with Crippen molar-refractivity contribution in [3.63, 3.8) is 0 Å². The minimum Gasteiger partial charge on any atom is -0.480 e. The third-order valence-electron chi connectivity index (χ3n) is 8.04. The van der Waals surface area contributed by atoms with Crippen LogP contribution in [0.1, 0.15) is 181 Å². The molecule has 5 heteroatoms. The molecule has 0 fully saturated rings. The van der Waals surface area contributed by atoms with E-state index in [0.717, 1.165) is 32.1 Å². The molecule has 5 nitrogen and oxygen atoms in total. The van der Waals surface area contributed by atoms with Crippen molar-refractivity contribution in [2.75, 3.05) is 6.54 Å². The van der Waals surface area contributed by atoms with Gasteiger partial charge in [0.1, 0.15) is 6.04 Å². The quantitative estimate of drug-likeness (QED) is 0.0929. The fourth-order valence-corrected chi connectivity index (χ4v) is 5.31. The fourth-order valence-electron chi connectivity index (χ4n) is 5.31. The summed E-state index contributed by atoms with van der Waals surface area (Å²) in [5, 5.41) is 9.50. The Morgan fingerprint density at radius 3 is 1.39 bits per heavy atom. The molecule has 0 aromatic rings. The maximum absolute atomic E-state index is 12.8. The molecular weight excluding hydrogens is 472 g/mol. The summed E-state index contributed by atoms with van der Waals surface area (Å²) in [5.41, 5.74) is 6.35. The summed E-state index contributed by atoms with van der Waals surface area (Å²) in [4.78, 5) is 26.0. The number of unbranched alkanes of at least 4 members (excludes halogenated alkanes) is 19. The molecule has 1 amide bonds. The molecule has 0 saturated carbocycles. The molecule has 0 radical (unpaired) electrons. The molecule has 0 heterocycles. The number of nitrogens with two attached hydrogens (primary N) is 1. The van der Waals surface area contributed by atoms with E-state index in [1.807, 2.05) is 0 Å². The SMILES string of the molecule is CCCCCCCCCCCCCCC(N)CCCN(C(=O)CCCCCCCCCCC)[C@@H](C)C(=O)O. The number of carbonyl (C=O) groups is 2. The van der Waals surface area contributed by atoms with Crippen molar-refractivity contribution in [1.29, 1.82) is 0 Å². The summed E-state index contributed by atoms with van der Waals surface area (Å²) >= 11 is 0. The molecule has 0 spiro atoms. The van der Waals surface area contributed by atoms with Crippen LogP contribution >= 0.6 is 0 Å².